The highest BCUT2D eigenvalue weighted by atomic mass is 32.2. The first-order valence-electron chi connectivity index (χ1n) is 9.43. The van der Waals surface area contributed by atoms with Crippen molar-refractivity contribution in [2.45, 2.75) is 39.3 Å². The third kappa shape index (κ3) is 6.22. The van der Waals surface area contributed by atoms with Crippen molar-refractivity contribution >= 4 is 32.9 Å². The minimum absolute atomic E-state index is 0. The third-order valence-electron chi connectivity index (χ3n) is 4.84. The molecule has 6 N–H and O–H groups in total. The molecule has 180 valence electrons. The average molecular weight is 477 g/mol. The summed E-state index contributed by atoms with van der Waals surface area (Å²) in [5, 5.41) is 9.28. The number of nitrogens with two attached hydrogens (primary N) is 1. The number of halogens is 1. The zero-order chi connectivity index (χ0) is 23.9. The van der Waals surface area contributed by atoms with Crippen LogP contribution in [0.1, 0.15) is 38.1 Å². The molecule has 0 aliphatic carbocycles. The van der Waals surface area contributed by atoms with Gasteiger partial charge in [-0.1, -0.05) is 6.92 Å². The van der Waals surface area contributed by atoms with Crippen molar-refractivity contribution in [3.63, 3.8) is 0 Å². The van der Waals surface area contributed by atoms with E-state index in [0.717, 1.165) is 6.07 Å². The molecular weight excluding hydrogens is 447 g/mol. The van der Waals surface area contributed by atoms with Crippen LogP contribution in [0.5, 0.6) is 0 Å². The fraction of sp³-hybridized carbons (Fsp3) is 0.526. The summed E-state index contributed by atoms with van der Waals surface area (Å²) in [7, 11) is -3.67. The zero-order valence-corrected chi connectivity index (χ0v) is 19.3. The van der Waals surface area contributed by atoms with Gasteiger partial charge in [0.25, 0.3) is 10.1 Å². The van der Waals surface area contributed by atoms with Crippen LogP contribution in [0.3, 0.4) is 0 Å². The van der Waals surface area contributed by atoms with Gasteiger partial charge in [0.2, 0.25) is 5.43 Å². The molecular formula is C19H29FN4O7S. The number of rotatable bonds is 2. The van der Waals surface area contributed by atoms with E-state index in [2.05, 4.69) is 4.98 Å². The van der Waals surface area contributed by atoms with Gasteiger partial charge in [0.15, 0.2) is 11.6 Å². The number of aromatic nitrogens is 2. The molecule has 0 radical (unpaired) electrons. The molecule has 1 saturated heterocycles. The summed E-state index contributed by atoms with van der Waals surface area (Å²) >= 11 is 0. The molecule has 0 amide bonds. The standard InChI is InChI=1S/C18H23FN4O3.CH4O3S.H2O/c1-9-6-22(8-13(9)20)16-12(19)5-10-14(24)11(17(25)26)7-23(15(10)21-16)18(2,3)4;1-5(2,3)4;/h5,7,9,13H,6,8,20H2,1-4H3,(H,25,26);1H3,(H,2,3,4);1H2/t9-,13-;;/m0../s1. The van der Waals surface area contributed by atoms with E-state index in [4.69, 9.17) is 10.3 Å². The number of nitrogens with zero attached hydrogens (tertiary/aromatic N) is 3. The van der Waals surface area contributed by atoms with Crippen molar-refractivity contribution in [2.24, 2.45) is 11.7 Å². The van der Waals surface area contributed by atoms with Gasteiger partial charge in [0.05, 0.1) is 11.6 Å². The summed E-state index contributed by atoms with van der Waals surface area (Å²) < 4.78 is 42.2. The highest BCUT2D eigenvalue weighted by molar-refractivity contribution is 7.85. The van der Waals surface area contributed by atoms with Crippen LogP contribution in [0.2, 0.25) is 0 Å². The van der Waals surface area contributed by atoms with Crippen LogP contribution in [0.4, 0.5) is 10.2 Å². The summed E-state index contributed by atoms with van der Waals surface area (Å²) in [6, 6.07) is 1.01. The predicted molar refractivity (Wildman–Crippen MR) is 118 cm³/mol. The van der Waals surface area contributed by atoms with Crippen LogP contribution in [0.25, 0.3) is 11.0 Å². The first kappa shape index (κ1) is 27.4. The quantitative estimate of drug-likeness (QED) is 0.517. The van der Waals surface area contributed by atoms with E-state index in [-0.39, 0.29) is 34.3 Å². The van der Waals surface area contributed by atoms with Gasteiger partial charge in [-0.2, -0.15) is 8.42 Å². The molecule has 3 heterocycles. The molecule has 0 saturated carbocycles. The summed E-state index contributed by atoms with van der Waals surface area (Å²) in [4.78, 5) is 30.1. The Labute approximate surface area is 184 Å². The Hall–Kier alpha value is -2.61. The number of anilines is 1. The average Bonchev–Trinajstić information content (AvgIpc) is 2.91. The molecule has 32 heavy (non-hydrogen) atoms. The Morgan fingerprint density at radius 1 is 1.31 bits per heavy atom. The van der Waals surface area contributed by atoms with Crippen LogP contribution in [-0.2, 0) is 15.7 Å². The van der Waals surface area contributed by atoms with E-state index in [1.54, 1.807) is 9.47 Å². The number of pyridine rings is 2. The first-order valence-corrected chi connectivity index (χ1v) is 11.3. The van der Waals surface area contributed by atoms with E-state index in [0.29, 0.717) is 19.3 Å². The predicted octanol–water partition coefficient (Wildman–Crippen LogP) is 0.452. The summed E-state index contributed by atoms with van der Waals surface area (Å²) in [6.07, 6.45) is 1.99. The van der Waals surface area contributed by atoms with E-state index in [9.17, 15) is 27.5 Å². The molecule has 2 atom stereocenters. The third-order valence-corrected chi connectivity index (χ3v) is 4.84. The van der Waals surface area contributed by atoms with Crippen molar-refractivity contribution in [3.8, 4) is 0 Å². The molecule has 0 unspecified atom stereocenters. The van der Waals surface area contributed by atoms with Gasteiger partial charge in [-0.3, -0.25) is 9.35 Å². The minimum Gasteiger partial charge on any atom is -0.477 e. The minimum atomic E-state index is -3.67. The molecule has 13 heteroatoms. The Kier molecular flexibility index (Phi) is 8.13. The number of hydrogen-bond acceptors (Lipinski definition) is 7. The Morgan fingerprint density at radius 2 is 1.84 bits per heavy atom. The molecule has 0 bridgehead atoms. The highest BCUT2D eigenvalue weighted by Crippen LogP contribution is 2.28. The molecule has 0 aromatic carbocycles. The summed E-state index contributed by atoms with van der Waals surface area (Å²) in [5.74, 6) is -1.67. The molecule has 0 spiro atoms. The largest absolute Gasteiger partial charge is 0.477 e. The van der Waals surface area contributed by atoms with Crippen molar-refractivity contribution in [1.82, 2.24) is 9.55 Å². The van der Waals surface area contributed by atoms with Crippen molar-refractivity contribution in [3.05, 3.63) is 33.9 Å². The maximum Gasteiger partial charge on any atom is 0.341 e. The topological polar surface area (TPSA) is 187 Å². The van der Waals surface area contributed by atoms with Gasteiger partial charge in [0.1, 0.15) is 11.2 Å². The van der Waals surface area contributed by atoms with Crippen LogP contribution in [0, 0.1) is 11.7 Å². The van der Waals surface area contributed by atoms with Crippen LogP contribution < -0.4 is 16.1 Å². The zero-order valence-electron chi connectivity index (χ0n) is 18.5. The summed E-state index contributed by atoms with van der Waals surface area (Å²) in [5.41, 5.74) is 4.60. The van der Waals surface area contributed by atoms with E-state index >= 15 is 0 Å². The SMILES string of the molecule is CS(=O)(=O)O.C[C@H]1CN(c2nc3c(cc2F)c(=O)c(C(=O)O)cn3C(C)(C)C)C[C@@H]1N.O. The lowest BCUT2D eigenvalue weighted by Gasteiger charge is -2.26. The van der Waals surface area contributed by atoms with E-state index in [1.165, 1.54) is 6.20 Å². The second-order valence-corrected chi connectivity index (χ2v) is 10.1. The normalized spacial score (nSPS) is 18.7. The Balaban J connectivity index is 0.000000770. The number of fused-ring (bicyclic) bond motifs is 1. The second-order valence-electron chi connectivity index (χ2n) is 8.66. The lowest BCUT2D eigenvalue weighted by Crippen LogP contribution is -2.31. The number of aromatic carboxylic acids is 1. The van der Waals surface area contributed by atoms with Gasteiger partial charge >= 0.3 is 5.97 Å². The monoisotopic (exact) mass is 476 g/mol. The molecule has 2 aromatic heterocycles. The number of hydrogen-bond donors (Lipinski definition) is 3. The van der Waals surface area contributed by atoms with E-state index in [1.807, 2.05) is 27.7 Å². The molecule has 1 aliphatic heterocycles. The molecule has 1 fully saturated rings. The molecule has 1 aliphatic rings. The maximum absolute atomic E-state index is 14.7. The highest BCUT2D eigenvalue weighted by Gasteiger charge is 2.30. The van der Waals surface area contributed by atoms with Crippen LogP contribution in [-0.4, -0.2) is 64.5 Å². The van der Waals surface area contributed by atoms with Crippen LogP contribution >= 0.6 is 0 Å². The lowest BCUT2D eigenvalue weighted by atomic mass is 10.1. The fourth-order valence-corrected chi connectivity index (χ4v) is 3.26. The van der Waals surface area contributed by atoms with Gasteiger partial charge < -0.3 is 25.8 Å². The van der Waals surface area contributed by atoms with Crippen molar-refractivity contribution in [1.29, 1.82) is 0 Å². The van der Waals surface area contributed by atoms with Crippen molar-refractivity contribution < 1.29 is 32.7 Å². The van der Waals surface area contributed by atoms with E-state index < -0.39 is 38.4 Å². The smallest absolute Gasteiger partial charge is 0.341 e. The fourth-order valence-electron chi connectivity index (χ4n) is 3.26. The number of carboxylic acid groups (broad SMARTS) is 1. The number of carbonyl (C=O) groups is 1. The Morgan fingerprint density at radius 3 is 2.25 bits per heavy atom. The lowest BCUT2D eigenvalue weighted by molar-refractivity contribution is 0.0694. The maximum atomic E-state index is 14.7. The van der Waals surface area contributed by atoms with Gasteiger partial charge in [0, 0.05) is 30.9 Å². The van der Waals surface area contributed by atoms with Gasteiger partial charge in [-0.25, -0.2) is 14.2 Å². The molecule has 3 rings (SSSR count). The first-order chi connectivity index (χ1) is 14.0. The van der Waals surface area contributed by atoms with Gasteiger partial charge in [-0.05, 0) is 32.8 Å². The second kappa shape index (κ2) is 9.48. The van der Waals surface area contributed by atoms with Crippen LogP contribution in [0.15, 0.2) is 17.1 Å². The summed E-state index contributed by atoms with van der Waals surface area (Å²) in [6.45, 7) is 8.63. The van der Waals surface area contributed by atoms with Gasteiger partial charge in [-0.15, -0.1) is 0 Å². The number of carboxylic acids is 1. The molecule has 11 nitrogen and oxygen atoms in total. The van der Waals surface area contributed by atoms with Crippen molar-refractivity contribution in [2.75, 3.05) is 24.2 Å². The molecule has 2 aromatic rings. The Bertz CT molecular complexity index is 1160.